The summed E-state index contributed by atoms with van der Waals surface area (Å²) in [7, 11) is 0. The molecular formula is C9H10ClN5OS. The number of rotatable bonds is 4. The third-order valence-corrected chi connectivity index (χ3v) is 3.00. The lowest BCUT2D eigenvalue weighted by Crippen LogP contribution is -2.27. The zero-order chi connectivity index (χ0) is 12.3. The van der Waals surface area contributed by atoms with Crippen molar-refractivity contribution in [3.63, 3.8) is 0 Å². The molecule has 2 aromatic rings. The van der Waals surface area contributed by atoms with E-state index in [0.717, 1.165) is 16.9 Å². The van der Waals surface area contributed by atoms with Gasteiger partial charge in [0.15, 0.2) is 0 Å². The number of hydrogen-bond donors (Lipinski definition) is 1. The maximum atomic E-state index is 11.6. The Bertz CT molecular complexity index is 523. The number of amides is 1. The van der Waals surface area contributed by atoms with Crippen molar-refractivity contribution in [2.75, 3.05) is 6.54 Å². The predicted octanol–water partition coefficient (Wildman–Crippen LogP) is 1.13. The normalized spacial score (nSPS) is 10.5. The summed E-state index contributed by atoms with van der Waals surface area (Å²) in [4.78, 5) is 11.6. The zero-order valence-electron chi connectivity index (χ0n) is 9.05. The molecule has 0 fully saturated rings. The van der Waals surface area contributed by atoms with Crippen LogP contribution in [0.1, 0.15) is 15.4 Å². The average Bonchev–Trinajstić information content (AvgIpc) is 2.88. The van der Waals surface area contributed by atoms with Crippen LogP contribution >= 0.6 is 22.9 Å². The third kappa shape index (κ3) is 3.24. The molecule has 8 heteroatoms. The van der Waals surface area contributed by atoms with Crippen LogP contribution in [0, 0.1) is 6.92 Å². The van der Waals surface area contributed by atoms with Gasteiger partial charge in [-0.15, -0.1) is 10.2 Å². The highest BCUT2D eigenvalue weighted by Crippen LogP contribution is 2.14. The van der Waals surface area contributed by atoms with Crippen molar-refractivity contribution in [2.45, 2.75) is 13.5 Å². The Hall–Kier alpha value is -1.47. The number of carbonyl (C=O) groups is 1. The van der Waals surface area contributed by atoms with Crippen molar-refractivity contribution in [2.24, 2.45) is 0 Å². The van der Waals surface area contributed by atoms with E-state index in [0.29, 0.717) is 13.1 Å². The molecule has 0 bridgehead atoms. The summed E-state index contributed by atoms with van der Waals surface area (Å²) in [5, 5.41) is 14.3. The van der Waals surface area contributed by atoms with Crippen LogP contribution in [-0.4, -0.2) is 32.4 Å². The summed E-state index contributed by atoms with van der Waals surface area (Å²) in [6.07, 6.45) is 3.68. The molecule has 2 aromatic heterocycles. The van der Waals surface area contributed by atoms with E-state index in [4.69, 9.17) is 11.6 Å². The third-order valence-electron chi connectivity index (χ3n) is 1.98. The number of hydrogen-bond acceptors (Lipinski definition) is 5. The number of nitrogens with zero attached hydrogens (tertiary/aromatic N) is 4. The van der Waals surface area contributed by atoms with Crippen LogP contribution in [0.15, 0.2) is 12.4 Å². The summed E-state index contributed by atoms with van der Waals surface area (Å²) >= 11 is 6.64. The number of halogens is 1. The van der Waals surface area contributed by atoms with Gasteiger partial charge in [0.1, 0.15) is 0 Å². The molecule has 0 aliphatic rings. The number of carbonyl (C=O) groups excluding carboxylic acids is 1. The summed E-state index contributed by atoms with van der Waals surface area (Å²) in [6, 6.07) is 0. The van der Waals surface area contributed by atoms with Crippen LogP contribution in [0.4, 0.5) is 0 Å². The van der Waals surface area contributed by atoms with Gasteiger partial charge in [-0.2, -0.15) is 5.10 Å². The number of aromatic nitrogens is 4. The second-order valence-corrected chi connectivity index (χ2v) is 4.96. The summed E-state index contributed by atoms with van der Waals surface area (Å²) in [5.41, 5.74) is 1.09. The Balaban J connectivity index is 1.81. The molecule has 0 aliphatic carbocycles. The first kappa shape index (κ1) is 12.0. The largest absolute Gasteiger partial charge is 0.348 e. The van der Waals surface area contributed by atoms with E-state index in [1.54, 1.807) is 10.9 Å². The summed E-state index contributed by atoms with van der Waals surface area (Å²) in [6.45, 7) is 3.06. The van der Waals surface area contributed by atoms with Crippen LogP contribution in [0.2, 0.25) is 4.47 Å². The van der Waals surface area contributed by atoms with Crippen molar-refractivity contribution in [3.05, 3.63) is 27.4 Å². The van der Waals surface area contributed by atoms with Crippen LogP contribution in [0.5, 0.6) is 0 Å². The lowest BCUT2D eigenvalue weighted by Gasteiger charge is -2.02. The monoisotopic (exact) mass is 271 g/mol. The topological polar surface area (TPSA) is 72.7 Å². The molecule has 2 rings (SSSR count). The van der Waals surface area contributed by atoms with Crippen molar-refractivity contribution >= 4 is 28.8 Å². The van der Waals surface area contributed by atoms with E-state index in [-0.39, 0.29) is 15.4 Å². The van der Waals surface area contributed by atoms with Crippen LogP contribution in [-0.2, 0) is 6.54 Å². The van der Waals surface area contributed by atoms with E-state index >= 15 is 0 Å². The second-order valence-electron chi connectivity index (χ2n) is 3.40. The van der Waals surface area contributed by atoms with Gasteiger partial charge in [0, 0.05) is 12.7 Å². The molecule has 2 heterocycles. The minimum Gasteiger partial charge on any atom is -0.348 e. The molecule has 0 aromatic carbocycles. The molecular weight excluding hydrogens is 262 g/mol. The van der Waals surface area contributed by atoms with Crippen molar-refractivity contribution in [1.29, 1.82) is 0 Å². The smallest absolute Gasteiger partial charge is 0.282 e. The Morgan fingerprint density at radius 1 is 1.59 bits per heavy atom. The molecule has 0 spiro atoms. The molecule has 0 radical (unpaired) electrons. The number of aryl methyl sites for hydroxylation is 1. The van der Waals surface area contributed by atoms with Crippen LogP contribution in [0.3, 0.4) is 0 Å². The van der Waals surface area contributed by atoms with Crippen molar-refractivity contribution in [1.82, 2.24) is 25.3 Å². The van der Waals surface area contributed by atoms with E-state index in [1.165, 1.54) is 0 Å². The Kier molecular flexibility index (Phi) is 3.70. The lowest BCUT2D eigenvalue weighted by atomic mass is 10.4. The van der Waals surface area contributed by atoms with Crippen molar-refractivity contribution < 1.29 is 4.79 Å². The Morgan fingerprint density at radius 2 is 2.41 bits per heavy atom. The first-order valence-electron chi connectivity index (χ1n) is 4.91. The van der Waals surface area contributed by atoms with Gasteiger partial charge in [-0.1, -0.05) is 11.3 Å². The SMILES string of the molecule is Cc1cnn(CCNC(=O)c2nnc(Cl)s2)c1. The highest BCUT2D eigenvalue weighted by molar-refractivity contribution is 7.17. The van der Waals surface area contributed by atoms with E-state index < -0.39 is 0 Å². The minimum atomic E-state index is -0.265. The van der Waals surface area contributed by atoms with Gasteiger partial charge in [0.2, 0.25) is 9.47 Å². The maximum absolute atomic E-state index is 11.6. The average molecular weight is 272 g/mol. The molecule has 0 saturated heterocycles. The standard InChI is InChI=1S/C9H10ClN5OS/c1-6-4-12-15(5-6)3-2-11-7(16)8-13-14-9(10)17-8/h4-5H,2-3H2,1H3,(H,11,16). The van der Waals surface area contributed by atoms with Gasteiger partial charge < -0.3 is 5.32 Å². The highest BCUT2D eigenvalue weighted by atomic mass is 35.5. The van der Waals surface area contributed by atoms with Crippen molar-refractivity contribution in [3.8, 4) is 0 Å². The Morgan fingerprint density at radius 3 is 3.00 bits per heavy atom. The van der Waals surface area contributed by atoms with E-state index in [2.05, 4.69) is 20.6 Å². The lowest BCUT2D eigenvalue weighted by molar-refractivity contribution is 0.0951. The fourth-order valence-electron chi connectivity index (χ4n) is 1.25. The molecule has 0 unspecified atom stereocenters. The predicted molar refractivity (Wildman–Crippen MR) is 64.2 cm³/mol. The second kappa shape index (κ2) is 5.24. The van der Waals surface area contributed by atoms with Gasteiger partial charge in [0.25, 0.3) is 5.91 Å². The molecule has 0 aliphatic heterocycles. The quantitative estimate of drug-likeness (QED) is 0.905. The van der Waals surface area contributed by atoms with Gasteiger partial charge in [-0.3, -0.25) is 9.48 Å². The number of nitrogens with one attached hydrogen (secondary N) is 1. The molecule has 1 amide bonds. The maximum Gasteiger partial charge on any atom is 0.282 e. The summed E-state index contributed by atoms with van der Waals surface area (Å²) in [5.74, 6) is -0.265. The fourth-order valence-corrected chi connectivity index (χ4v) is 1.99. The highest BCUT2D eigenvalue weighted by Gasteiger charge is 2.10. The first-order valence-corrected chi connectivity index (χ1v) is 6.11. The zero-order valence-corrected chi connectivity index (χ0v) is 10.6. The molecule has 0 atom stereocenters. The van der Waals surface area contributed by atoms with E-state index in [1.807, 2.05) is 13.1 Å². The van der Waals surface area contributed by atoms with Gasteiger partial charge in [0.05, 0.1) is 12.7 Å². The molecule has 0 saturated carbocycles. The van der Waals surface area contributed by atoms with Gasteiger partial charge in [-0.25, -0.2) is 0 Å². The van der Waals surface area contributed by atoms with E-state index in [9.17, 15) is 4.79 Å². The van der Waals surface area contributed by atoms with Crippen LogP contribution in [0.25, 0.3) is 0 Å². The van der Waals surface area contributed by atoms with Gasteiger partial charge in [-0.05, 0) is 24.1 Å². The van der Waals surface area contributed by atoms with Crippen LogP contribution < -0.4 is 5.32 Å². The fraction of sp³-hybridized carbons (Fsp3) is 0.333. The molecule has 90 valence electrons. The first-order chi connectivity index (χ1) is 8.15. The van der Waals surface area contributed by atoms with Gasteiger partial charge >= 0.3 is 0 Å². The molecule has 6 nitrogen and oxygen atoms in total. The molecule has 1 N–H and O–H groups in total. The summed E-state index contributed by atoms with van der Waals surface area (Å²) < 4.78 is 2.03. The molecule has 17 heavy (non-hydrogen) atoms. The Labute approximate surface area is 107 Å². The minimum absolute atomic E-state index is 0.262.